The van der Waals surface area contributed by atoms with Gasteiger partial charge in [-0.3, -0.25) is 4.90 Å². The van der Waals surface area contributed by atoms with Crippen molar-refractivity contribution in [2.45, 2.75) is 64.6 Å². The molecule has 3 heterocycles. The number of nitriles is 1. The van der Waals surface area contributed by atoms with E-state index in [9.17, 15) is 5.26 Å². The molecule has 0 aliphatic carbocycles. The van der Waals surface area contributed by atoms with Crippen LogP contribution in [0.25, 0.3) is 0 Å². The van der Waals surface area contributed by atoms with Crippen LogP contribution in [0.2, 0.25) is 0 Å². The van der Waals surface area contributed by atoms with Crippen molar-refractivity contribution >= 4 is 29.0 Å². The highest BCUT2D eigenvalue weighted by molar-refractivity contribution is 5.96. The fraction of sp³-hybridized carbons (Fsp3) is 0.500. The maximum absolute atomic E-state index is 9.66. The van der Waals surface area contributed by atoms with Gasteiger partial charge in [-0.05, 0) is 72.7 Å². The lowest BCUT2D eigenvalue weighted by Gasteiger charge is -2.53. The number of hydrazone groups is 1. The topological polar surface area (TPSA) is 117 Å². The molecule has 35 heavy (non-hydrogen) atoms. The molecule has 0 bridgehead atoms. The predicted molar refractivity (Wildman–Crippen MR) is 137 cm³/mol. The van der Waals surface area contributed by atoms with Crippen molar-refractivity contribution in [1.82, 2.24) is 25.7 Å². The summed E-state index contributed by atoms with van der Waals surface area (Å²) in [5.74, 6) is 1.68. The minimum atomic E-state index is 0.0181. The van der Waals surface area contributed by atoms with E-state index < -0.39 is 0 Å². The first-order valence-corrected chi connectivity index (χ1v) is 11.6. The highest BCUT2D eigenvalue weighted by Gasteiger charge is 2.43. The molecule has 2 aliphatic rings. The van der Waals surface area contributed by atoms with Gasteiger partial charge in [-0.25, -0.2) is 14.8 Å². The lowest BCUT2D eigenvalue weighted by Crippen LogP contribution is -2.61. The van der Waals surface area contributed by atoms with Gasteiger partial charge in [0.25, 0.3) is 0 Å². The third kappa shape index (κ3) is 5.14. The minimum absolute atomic E-state index is 0.0181. The van der Waals surface area contributed by atoms with E-state index in [0.29, 0.717) is 17.3 Å². The van der Waals surface area contributed by atoms with E-state index in [1.165, 1.54) is 12.4 Å². The Labute approximate surface area is 206 Å². The monoisotopic (exact) mass is 478 g/mol. The number of hydrazine groups is 2. The molecule has 186 valence electrons. The third-order valence-electron chi connectivity index (χ3n) is 6.84. The van der Waals surface area contributed by atoms with E-state index in [4.69, 9.17) is 4.84 Å². The van der Waals surface area contributed by atoms with Crippen molar-refractivity contribution < 1.29 is 4.84 Å². The van der Waals surface area contributed by atoms with Gasteiger partial charge in [0.05, 0.1) is 19.0 Å². The number of hydrogen-bond acceptors (Lipinski definition) is 11. The van der Waals surface area contributed by atoms with E-state index >= 15 is 0 Å². The number of aromatic nitrogens is 2. The zero-order valence-electron chi connectivity index (χ0n) is 21.4. The highest BCUT2D eigenvalue weighted by Crippen LogP contribution is 2.38. The summed E-state index contributed by atoms with van der Waals surface area (Å²) in [6.45, 7) is 10.9. The number of piperidine rings is 1. The van der Waals surface area contributed by atoms with Gasteiger partial charge in [-0.1, -0.05) is 16.9 Å². The second-order valence-corrected chi connectivity index (χ2v) is 10.2. The number of anilines is 4. The number of hydrogen-bond donors (Lipinski definition) is 3. The molecule has 1 aromatic heterocycles. The molecule has 1 aromatic carbocycles. The molecular weight excluding hydrogens is 444 g/mol. The normalized spacial score (nSPS) is 19.9. The van der Waals surface area contributed by atoms with Crippen LogP contribution in [0.15, 0.2) is 35.6 Å². The number of nitrogens with one attached hydrogen (secondary N) is 3. The molecular formula is C24H34N10O. The van der Waals surface area contributed by atoms with Crippen molar-refractivity contribution in [1.29, 1.82) is 5.26 Å². The van der Waals surface area contributed by atoms with Crippen LogP contribution in [-0.2, 0) is 4.84 Å². The van der Waals surface area contributed by atoms with Gasteiger partial charge in [-0.2, -0.15) is 10.2 Å². The molecule has 4 rings (SSSR count). The summed E-state index contributed by atoms with van der Waals surface area (Å²) in [6, 6.07) is 10.1. The first-order valence-electron chi connectivity index (χ1n) is 11.6. The van der Waals surface area contributed by atoms with Crippen molar-refractivity contribution in [3.05, 3.63) is 36.0 Å². The van der Waals surface area contributed by atoms with Crippen LogP contribution >= 0.6 is 0 Å². The molecule has 1 saturated heterocycles. The molecule has 0 unspecified atom stereocenters. The van der Waals surface area contributed by atoms with Gasteiger partial charge in [0.15, 0.2) is 0 Å². The standard InChI is InChI=1S/C24H34N10O/c1-16-30-34(35-7)31-33(16)20-10-8-9-18(11-20)28-22-26-15-17(14-25)21(29-22)27-19-12-23(2,3)32(6)24(4,5)13-19/h8-11,15,19,31H,12-13H2,1-7H3,(H2,26,27,28,29). The van der Waals surface area contributed by atoms with Crippen LogP contribution in [0.4, 0.5) is 23.1 Å². The number of rotatable bonds is 6. The van der Waals surface area contributed by atoms with Gasteiger partial charge in [0, 0.05) is 22.8 Å². The molecule has 3 N–H and O–H groups in total. The van der Waals surface area contributed by atoms with Crippen molar-refractivity contribution in [3.63, 3.8) is 0 Å². The fourth-order valence-corrected chi connectivity index (χ4v) is 4.84. The van der Waals surface area contributed by atoms with Crippen molar-refractivity contribution in [3.8, 4) is 6.07 Å². The lowest BCUT2D eigenvalue weighted by molar-refractivity contribution is -0.162. The molecule has 11 nitrogen and oxygen atoms in total. The maximum Gasteiger partial charge on any atom is 0.229 e. The van der Waals surface area contributed by atoms with Gasteiger partial charge >= 0.3 is 0 Å². The Morgan fingerprint density at radius 3 is 2.54 bits per heavy atom. The van der Waals surface area contributed by atoms with Crippen LogP contribution in [0, 0.1) is 11.3 Å². The predicted octanol–water partition coefficient (Wildman–Crippen LogP) is 3.59. The second kappa shape index (κ2) is 9.30. The summed E-state index contributed by atoms with van der Waals surface area (Å²) < 4.78 is 0. The Morgan fingerprint density at radius 2 is 1.91 bits per heavy atom. The summed E-state index contributed by atoms with van der Waals surface area (Å²) in [5.41, 5.74) is 5.13. The van der Waals surface area contributed by atoms with E-state index in [1.54, 1.807) is 11.2 Å². The van der Waals surface area contributed by atoms with Gasteiger partial charge < -0.3 is 10.6 Å². The Balaban J connectivity index is 1.53. The summed E-state index contributed by atoms with van der Waals surface area (Å²) in [7, 11) is 3.71. The highest BCUT2D eigenvalue weighted by atomic mass is 16.7. The molecule has 0 amide bonds. The number of benzene rings is 1. The van der Waals surface area contributed by atoms with E-state index in [-0.39, 0.29) is 17.1 Å². The molecule has 0 atom stereocenters. The Bertz CT molecular complexity index is 1140. The number of nitrogens with zero attached hydrogens (tertiary/aromatic N) is 7. The Hall–Kier alpha value is -3.46. The summed E-state index contributed by atoms with van der Waals surface area (Å²) in [4.78, 5) is 16.6. The fourth-order valence-electron chi connectivity index (χ4n) is 4.84. The summed E-state index contributed by atoms with van der Waals surface area (Å²) in [5, 5.41) is 23.8. The zero-order valence-corrected chi connectivity index (χ0v) is 21.4. The van der Waals surface area contributed by atoms with E-state index in [2.05, 4.69) is 76.9 Å². The molecule has 0 saturated carbocycles. The van der Waals surface area contributed by atoms with Crippen molar-refractivity contribution in [2.24, 2.45) is 5.10 Å². The van der Waals surface area contributed by atoms with Crippen LogP contribution in [0.1, 0.15) is 53.0 Å². The summed E-state index contributed by atoms with van der Waals surface area (Å²) >= 11 is 0. The Morgan fingerprint density at radius 1 is 1.20 bits per heavy atom. The zero-order chi connectivity index (χ0) is 25.4. The molecule has 0 spiro atoms. The quantitative estimate of drug-likeness (QED) is 0.568. The minimum Gasteiger partial charge on any atom is -0.366 e. The SMILES string of the molecule is CON1N=C(C)N(c2cccc(Nc3ncc(C#N)c(NC4CC(C)(C)N(C)C(C)(C)C4)n3)c2)N1. The number of amidine groups is 1. The largest absolute Gasteiger partial charge is 0.366 e. The van der Waals surface area contributed by atoms with E-state index in [0.717, 1.165) is 30.1 Å². The summed E-state index contributed by atoms with van der Waals surface area (Å²) in [6.07, 6.45) is 3.44. The average molecular weight is 479 g/mol. The molecule has 0 radical (unpaired) electrons. The van der Waals surface area contributed by atoms with Crippen LogP contribution < -0.4 is 21.2 Å². The first kappa shape index (κ1) is 24.7. The third-order valence-corrected chi connectivity index (χ3v) is 6.84. The second-order valence-electron chi connectivity index (χ2n) is 10.2. The molecule has 11 heteroatoms. The van der Waals surface area contributed by atoms with Crippen LogP contribution in [0.5, 0.6) is 0 Å². The maximum atomic E-state index is 9.66. The molecule has 2 aromatic rings. The van der Waals surface area contributed by atoms with Gasteiger partial charge in [-0.15, -0.1) is 5.10 Å². The Kier molecular flexibility index (Phi) is 6.55. The van der Waals surface area contributed by atoms with Crippen molar-refractivity contribution in [2.75, 3.05) is 29.8 Å². The smallest absolute Gasteiger partial charge is 0.229 e. The van der Waals surface area contributed by atoms with Gasteiger partial charge in [0.1, 0.15) is 23.3 Å². The first-order chi connectivity index (χ1) is 16.5. The van der Waals surface area contributed by atoms with Crippen LogP contribution in [-0.4, -0.2) is 57.3 Å². The average Bonchev–Trinajstić information content (AvgIpc) is 3.18. The van der Waals surface area contributed by atoms with Gasteiger partial charge in [0.2, 0.25) is 5.95 Å². The molecule has 2 aliphatic heterocycles. The van der Waals surface area contributed by atoms with Crippen LogP contribution in [0.3, 0.4) is 0 Å². The number of likely N-dealkylation sites (tertiary alicyclic amines) is 1. The van der Waals surface area contributed by atoms with E-state index in [1.807, 2.05) is 31.2 Å². The molecule has 1 fully saturated rings. The lowest BCUT2D eigenvalue weighted by atomic mass is 9.77.